The number of nitrogens with one attached hydrogen (secondary N) is 1. The fraction of sp³-hybridized carbons (Fsp3) is 0.739. The van der Waals surface area contributed by atoms with E-state index in [0.717, 1.165) is 0 Å². The molecule has 9 nitrogen and oxygen atoms in total. The molecule has 33 heavy (non-hydrogen) atoms. The van der Waals surface area contributed by atoms with Gasteiger partial charge in [-0.3, -0.25) is 14.4 Å². The van der Waals surface area contributed by atoms with Crippen molar-refractivity contribution in [2.24, 2.45) is 23.5 Å². The van der Waals surface area contributed by atoms with Crippen LogP contribution >= 0.6 is 11.8 Å². The number of carboxylic acids is 1. The average Bonchev–Trinajstić information content (AvgIpc) is 3.27. The van der Waals surface area contributed by atoms with E-state index in [4.69, 9.17) is 5.73 Å². The van der Waals surface area contributed by atoms with Crippen molar-refractivity contribution >= 4 is 35.3 Å². The maximum atomic E-state index is 12.9. The molecule has 6 atom stereocenters. The predicted octanol–water partition coefficient (Wildman–Crippen LogP) is 0.788. The number of aliphatic carboxylic acids is 1. The fourth-order valence-electron chi connectivity index (χ4n) is 5.76. The van der Waals surface area contributed by atoms with E-state index >= 15 is 0 Å². The number of Topliss-reactive ketones (excluding diaryl/α,β-unsaturated/α-hetero) is 1. The lowest BCUT2D eigenvalue weighted by atomic mass is 9.73. The number of hydrogen-bond donors (Lipinski definition) is 3. The van der Waals surface area contributed by atoms with Crippen LogP contribution < -0.4 is 11.1 Å². The smallest absolute Gasteiger partial charge is 0.353 e. The van der Waals surface area contributed by atoms with Crippen molar-refractivity contribution < 1.29 is 24.3 Å². The molecule has 0 unspecified atom stereocenters. The summed E-state index contributed by atoms with van der Waals surface area (Å²) in [6.07, 6.45) is 1.38. The zero-order valence-corrected chi connectivity index (χ0v) is 20.5. The second-order valence-corrected chi connectivity index (χ2v) is 11.7. The van der Waals surface area contributed by atoms with E-state index in [9.17, 15) is 24.3 Å². The summed E-state index contributed by atoms with van der Waals surface area (Å²) in [5.41, 5.74) is 5.77. The molecule has 4 aliphatic heterocycles. The molecule has 2 amide bonds. The first-order chi connectivity index (χ1) is 15.4. The number of nitrogens with two attached hydrogens (primary N) is 1. The number of carbonyl (C=O) groups is 4. The van der Waals surface area contributed by atoms with Gasteiger partial charge >= 0.3 is 5.97 Å². The van der Waals surface area contributed by atoms with Gasteiger partial charge in [0, 0.05) is 54.1 Å². The van der Waals surface area contributed by atoms with Gasteiger partial charge < -0.3 is 26.0 Å². The molecule has 0 aromatic heterocycles. The lowest BCUT2D eigenvalue weighted by molar-refractivity contribution is -0.160. The van der Waals surface area contributed by atoms with E-state index < -0.39 is 5.97 Å². The number of carbonyl (C=O) groups excluding carboxylic acids is 3. The van der Waals surface area contributed by atoms with Gasteiger partial charge in [0.1, 0.15) is 11.5 Å². The minimum absolute atomic E-state index is 0.0430. The Balaban J connectivity index is 1.44. The van der Waals surface area contributed by atoms with E-state index in [0.29, 0.717) is 43.8 Å². The summed E-state index contributed by atoms with van der Waals surface area (Å²) < 4.78 is 0. The SMILES string of the molecule is CCC(=O)C[C@H](C)[C@H]1C(=O)N2C(C(=O)O)=C(S[C@@H]3CN[C@H](C(=O)N4CC(C)(N)C4)C3)[C@H](C)[C@H]12. The van der Waals surface area contributed by atoms with Crippen LogP contribution in [0.1, 0.15) is 47.0 Å². The summed E-state index contributed by atoms with van der Waals surface area (Å²) >= 11 is 1.48. The standard InChI is InChI=1S/C23H34N4O5S/c1-5-13(28)6-11(2)16-17-12(3)19(18(22(31)32)27(17)21(16)30)33-14-7-15(25-8-14)20(29)26-9-23(4,24)10-26/h11-12,14-17,25H,5-10,24H2,1-4H3,(H,31,32)/t11-,12+,14-,15-,16+,17+/m0/s1. The summed E-state index contributed by atoms with van der Waals surface area (Å²) in [5.74, 6) is -1.71. The van der Waals surface area contributed by atoms with Gasteiger partial charge in [-0.05, 0) is 19.3 Å². The summed E-state index contributed by atoms with van der Waals surface area (Å²) in [7, 11) is 0. The zero-order valence-electron chi connectivity index (χ0n) is 19.7. The normalized spacial score (nSPS) is 33.5. The minimum Gasteiger partial charge on any atom is -0.477 e. The van der Waals surface area contributed by atoms with E-state index in [1.54, 1.807) is 4.90 Å². The van der Waals surface area contributed by atoms with Crippen molar-refractivity contribution in [3.05, 3.63) is 10.6 Å². The summed E-state index contributed by atoms with van der Waals surface area (Å²) in [4.78, 5) is 53.6. The highest BCUT2D eigenvalue weighted by molar-refractivity contribution is 8.03. The predicted molar refractivity (Wildman–Crippen MR) is 124 cm³/mol. The maximum Gasteiger partial charge on any atom is 0.353 e. The van der Waals surface area contributed by atoms with Gasteiger partial charge in [0.15, 0.2) is 0 Å². The van der Waals surface area contributed by atoms with Gasteiger partial charge in [0.2, 0.25) is 11.8 Å². The molecule has 4 aliphatic rings. The van der Waals surface area contributed by atoms with Crippen LogP contribution in [0.2, 0.25) is 0 Å². The number of likely N-dealkylation sites (tertiary alicyclic amines) is 1. The Labute approximate surface area is 198 Å². The average molecular weight is 479 g/mol. The molecule has 4 rings (SSSR count). The largest absolute Gasteiger partial charge is 0.477 e. The second kappa shape index (κ2) is 8.70. The molecule has 3 fully saturated rings. The van der Waals surface area contributed by atoms with E-state index in [1.807, 2.05) is 27.7 Å². The maximum absolute atomic E-state index is 12.9. The number of amides is 2. The van der Waals surface area contributed by atoms with E-state index in [2.05, 4.69) is 5.32 Å². The monoisotopic (exact) mass is 478 g/mol. The molecule has 4 N–H and O–H groups in total. The molecular weight excluding hydrogens is 444 g/mol. The molecule has 0 bridgehead atoms. The topological polar surface area (TPSA) is 133 Å². The number of ketones is 1. The highest BCUT2D eigenvalue weighted by atomic mass is 32.2. The van der Waals surface area contributed by atoms with E-state index in [-0.39, 0.29) is 63.9 Å². The molecule has 0 aromatic rings. The Kier molecular flexibility index (Phi) is 6.39. The number of carboxylic acid groups (broad SMARTS) is 1. The third-order valence-electron chi connectivity index (χ3n) is 7.45. The van der Waals surface area contributed by atoms with Gasteiger partial charge in [-0.1, -0.05) is 20.8 Å². The lowest BCUT2D eigenvalue weighted by Crippen LogP contribution is -2.68. The van der Waals surface area contributed by atoms with Crippen LogP contribution in [0.3, 0.4) is 0 Å². The summed E-state index contributed by atoms with van der Waals surface area (Å²) in [6.45, 7) is 9.31. The van der Waals surface area contributed by atoms with Crippen LogP contribution in [0.5, 0.6) is 0 Å². The molecule has 0 radical (unpaired) electrons. The van der Waals surface area contributed by atoms with Crippen molar-refractivity contribution in [3.8, 4) is 0 Å². The molecule has 182 valence electrons. The number of thioether (sulfide) groups is 1. The quantitative estimate of drug-likeness (QED) is 0.436. The van der Waals surface area contributed by atoms with Crippen molar-refractivity contribution in [1.82, 2.24) is 15.1 Å². The number of fused-ring (bicyclic) bond motifs is 1. The molecule has 0 saturated carbocycles. The van der Waals surface area contributed by atoms with Crippen LogP contribution in [0.4, 0.5) is 0 Å². The van der Waals surface area contributed by atoms with Crippen LogP contribution in [0, 0.1) is 17.8 Å². The van der Waals surface area contributed by atoms with Gasteiger partial charge in [0.05, 0.1) is 18.0 Å². The molecule has 0 aromatic carbocycles. The first kappa shape index (κ1) is 24.2. The van der Waals surface area contributed by atoms with Crippen LogP contribution in [-0.4, -0.2) is 81.0 Å². The first-order valence-electron chi connectivity index (χ1n) is 11.7. The van der Waals surface area contributed by atoms with Crippen LogP contribution in [-0.2, 0) is 19.2 Å². The Bertz CT molecular complexity index is 911. The molecule has 4 heterocycles. The highest BCUT2D eigenvalue weighted by Gasteiger charge is 2.60. The van der Waals surface area contributed by atoms with Crippen LogP contribution in [0.15, 0.2) is 10.6 Å². The third-order valence-corrected chi connectivity index (χ3v) is 8.96. The van der Waals surface area contributed by atoms with Crippen molar-refractivity contribution in [2.45, 2.75) is 69.8 Å². The second-order valence-electron chi connectivity index (χ2n) is 10.4. The van der Waals surface area contributed by atoms with Gasteiger partial charge in [-0.2, -0.15) is 0 Å². The van der Waals surface area contributed by atoms with Crippen LogP contribution in [0.25, 0.3) is 0 Å². The molecule has 0 aliphatic carbocycles. The molecule has 10 heteroatoms. The van der Waals surface area contributed by atoms with Gasteiger partial charge in [-0.15, -0.1) is 11.8 Å². The molecule has 3 saturated heterocycles. The first-order valence-corrected chi connectivity index (χ1v) is 12.6. The number of rotatable bonds is 8. The number of hydrogen-bond acceptors (Lipinski definition) is 7. The Morgan fingerprint density at radius 1 is 1.33 bits per heavy atom. The zero-order chi connectivity index (χ0) is 24.2. The lowest BCUT2D eigenvalue weighted by Gasteiger charge is -2.47. The number of nitrogens with zero attached hydrogens (tertiary/aromatic N) is 2. The third kappa shape index (κ3) is 4.21. The van der Waals surface area contributed by atoms with Crippen molar-refractivity contribution in [1.29, 1.82) is 0 Å². The summed E-state index contributed by atoms with van der Waals surface area (Å²) in [6, 6.07) is -0.517. The Morgan fingerprint density at radius 2 is 2.00 bits per heavy atom. The van der Waals surface area contributed by atoms with E-state index in [1.165, 1.54) is 16.7 Å². The number of β-lactam (4-membered cyclic amide) rings is 1. The van der Waals surface area contributed by atoms with Crippen molar-refractivity contribution in [3.63, 3.8) is 0 Å². The molecule has 0 spiro atoms. The fourth-order valence-corrected chi connectivity index (χ4v) is 7.24. The highest BCUT2D eigenvalue weighted by Crippen LogP contribution is 2.53. The summed E-state index contributed by atoms with van der Waals surface area (Å²) in [5, 5.41) is 13.2. The van der Waals surface area contributed by atoms with Gasteiger partial charge in [-0.25, -0.2) is 4.79 Å². The Morgan fingerprint density at radius 3 is 2.58 bits per heavy atom. The minimum atomic E-state index is -1.10. The van der Waals surface area contributed by atoms with Gasteiger partial charge in [0.25, 0.3) is 0 Å². The molecular formula is C23H34N4O5S. The van der Waals surface area contributed by atoms with Crippen molar-refractivity contribution in [2.75, 3.05) is 19.6 Å². The Hall–Kier alpha value is -1.91.